The highest BCUT2D eigenvalue weighted by molar-refractivity contribution is 5.79. The molecular formula is C17H23NO2. The van der Waals surface area contributed by atoms with Crippen LogP contribution in [0, 0.1) is 11.8 Å². The van der Waals surface area contributed by atoms with Crippen molar-refractivity contribution in [3.8, 4) is 0 Å². The molecule has 0 heterocycles. The van der Waals surface area contributed by atoms with Crippen LogP contribution in [0.15, 0.2) is 36.9 Å². The number of hydrogen-bond acceptors (Lipinski definition) is 2. The van der Waals surface area contributed by atoms with Gasteiger partial charge in [-0.05, 0) is 29.9 Å². The Morgan fingerprint density at radius 3 is 2.35 bits per heavy atom. The van der Waals surface area contributed by atoms with Crippen molar-refractivity contribution in [1.82, 2.24) is 0 Å². The van der Waals surface area contributed by atoms with Crippen LogP contribution in [0.1, 0.15) is 37.7 Å². The molecule has 0 spiro atoms. The van der Waals surface area contributed by atoms with Gasteiger partial charge in [0.1, 0.15) is 6.04 Å². The van der Waals surface area contributed by atoms with E-state index in [9.17, 15) is 9.90 Å². The first-order valence-electron chi connectivity index (χ1n) is 7.34. The first kappa shape index (κ1) is 14.8. The Balaban J connectivity index is 2.25. The second-order valence-electron chi connectivity index (χ2n) is 5.68. The van der Waals surface area contributed by atoms with Crippen LogP contribution in [0.2, 0.25) is 0 Å². The first-order chi connectivity index (χ1) is 9.61. The molecule has 20 heavy (non-hydrogen) atoms. The van der Waals surface area contributed by atoms with Gasteiger partial charge in [-0.3, -0.25) is 4.79 Å². The van der Waals surface area contributed by atoms with E-state index >= 15 is 0 Å². The lowest BCUT2D eigenvalue weighted by Crippen LogP contribution is -2.42. The molecule has 2 rings (SSSR count). The van der Waals surface area contributed by atoms with Crippen molar-refractivity contribution in [2.75, 3.05) is 0 Å². The topological polar surface area (TPSA) is 63.3 Å². The predicted octanol–water partition coefficient (Wildman–Crippen LogP) is 3.31. The molecule has 1 aromatic rings. The maximum Gasteiger partial charge on any atom is 0.321 e. The van der Waals surface area contributed by atoms with E-state index in [1.54, 1.807) is 0 Å². The van der Waals surface area contributed by atoms with E-state index in [4.69, 9.17) is 5.73 Å². The third-order valence-electron chi connectivity index (χ3n) is 4.38. The fraction of sp³-hybridized carbons (Fsp3) is 0.471. The van der Waals surface area contributed by atoms with Crippen molar-refractivity contribution in [3.63, 3.8) is 0 Å². The van der Waals surface area contributed by atoms with Crippen LogP contribution >= 0.6 is 0 Å². The smallest absolute Gasteiger partial charge is 0.321 e. The van der Waals surface area contributed by atoms with Gasteiger partial charge in [0.15, 0.2) is 0 Å². The van der Waals surface area contributed by atoms with Gasteiger partial charge < -0.3 is 10.8 Å². The van der Waals surface area contributed by atoms with Crippen molar-refractivity contribution < 1.29 is 9.90 Å². The van der Waals surface area contributed by atoms with E-state index in [0.29, 0.717) is 5.92 Å². The van der Waals surface area contributed by atoms with E-state index in [0.717, 1.165) is 36.8 Å². The lowest BCUT2D eigenvalue weighted by Gasteiger charge is -2.34. The van der Waals surface area contributed by atoms with Crippen LogP contribution in [0.5, 0.6) is 0 Å². The molecule has 1 aliphatic carbocycles. The Bertz CT molecular complexity index is 463. The van der Waals surface area contributed by atoms with E-state index in [1.165, 1.54) is 6.42 Å². The largest absolute Gasteiger partial charge is 0.480 e. The molecule has 0 radical (unpaired) electrons. The summed E-state index contributed by atoms with van der Waals surface area (Å²) in [7, 11) is 0. The van der Waals surface area contributed by atoms with E-state index in [1.807, 2.05) is 30.3 Å². The van der Waals surface area contributed by atoms with Gasteiger partial charge in [0.2, 0.25) is 0 Å². The van der Waals surface area contributed by atoms with Crippen LogP contribution < -0.4 is 5.73 Å². The van der Waals surface area contributed by atoms with Crippen LogP contribution in [0.4, 0.5) is 0 Å². The summed E-state index contributed by atoms with van der Waals surface area (Å²) in [5.41, 5.74) is 7.84. The zero-order valence-electron chi connectivity index (χ0n) is 11.8. The summed E-state index contributed by atoms with van der Waals surface area (Å²) in [5, 5.41) is 9.31. The highest BCUT2D eigenvalue weighted by atomic mass is 16.4. The Morgan fingerprint density at radius 2 is 1.80 bits per heavy atom. The van der Waals surface area contributed by atoms with Crippen LogP contribution in [-0.4, -0.2) is 17.1 Å². The number of carbonyl (C=O) groups is 1. The number of benzene rings is 1. The van der Waals surface area contributed by atoms with Gasteiger partial charge in [-0.15, -0.1) is 0 Å². The van der Waals surface area contributed by atoms with Crippen molar-refractivity contribution in [3.05, 3.63) is 42.5 Å². The van der Waals surface area contributed by atoms with Crippen molar-refractivity contribution in [2.24, 2.45) is 17.6 Å². The molecule has 0 saturated heterocycles. The molecule has 3 nitrogen and oxygen atoms in total. The lowest BCUT2D eigenvalue weighted by molar-refractivity contribution is -0.139. The van der Waals surface area contributed by atoms with Gasteiger partial charge in [-0.2, -0.15) is 0 Å². The lowest BCUT2D eigenvalue weighted by atomic mass is 9.72. The zero-order chi connectivity index (χ0) is 14.5. The normalized spacial score (nSPS) is 19.2. The summed E-state index contributed by atoms with van der Waals surface area (Å²) in [6, 6.07) is 8.93. The summed E-state index contributed by atoms with van der Waals surface area (Å²) >= 11 is 0. The van der Waals surface area contributed by atoms with Gasteiger partial charge in [0.25, 0.3) is 0 Å². The van der Waals surface area contributed by atoms with Crippen LogP contribution in [0.25, 0.3) is 5.57 Å². The number of aliphatic carboxylic acids is 1. The number of nitrogens with two attached hydrogens (primary N) is 1. The Kier molecular flexibility index (Phi) is 4.96. The van der Waals surface area contributed by atoms with Crippen molar-refractivity contribution in [2.45, 2.75) is 38.1 Å². The van der Waals surface area contributed by atoms with Gasteiger partial charge in [0.05, 0.1) is 0 Å². The van der Waals surface area contributed by atoms with E-state index < -0.39 is 12.0 Å². The molecule has 1 saturated carbocycles. The minimum Gasteiger partial charge on any atom is -0.480 e. The van der Waals surface area contributed by atoms with Gasteiger partial charge in [-0.1, -0.05) is 56.2 Å². The molecule has 0 amide bonds. The summed E-state index contributed by atoms with van der Waals surface area (Å²) in [4.78, 5) is 11.4. The molecular weight excluding hydrogens is 250 g/mol. The standard InChI is InChI=1S/C17H23NO2/c1-12(13-8-4-2-5-9-13)15(16(18)17(19)20)14-10-6-3-7-11-14/h2,4-5,8-9,14-16H,1,3,6-7,10-11,18H2,(H,19,20)/t15?,16-/m1/s1. The molecule has 3 heteroatoms. The summed E-state index contributed by atoms with van der Waals surface area (Å²) in [6.45, 7) is 4.16. The second kappa shape index (κ2) is 6.71. The minimum atomic E-state index is -0.933. The van der Waals surface area contributed by atoms with Gasteiger partial charge in [0, 0.05) is 5.92 Å². The number of hydrogen-bond donors (Lipinski definition) is 2. The molecule has 1 aromatic carbocycles. The fourth-order valence-electron chi connectivity index (χ4n) is 3.29. The quantitative estimate of drug-likeness (QED) is 0.865. The van der Waals surface area contributed by atoms with Crippen molar-refractivity contribution in [1.29, 1.82) is 0 Å². The predicted molar refractivity (Wildman–Crippen MR) is 81.2 cm³/mol. The Morgan fingerprint density at radius 1 is 1.20 bits per heavy atom. The van der Waals surface area contributed by atoms with E-state index in [-0.39, 0.29) is 5.92 Å². The monoisotopic (exact) mass is 273 g/mol. The van der Waals surface area contributed by atoms with Crippen molar-refractivity contribution >= 4 is 11.5 Å². The molecule has 0 aromatic heterocycles. The zero-order valence-corrected chi connectivity index (χ0v) is 11.8. The maximum atomic E-state index is 11.4. The first-order valence-corrected chi connectivity index (χ1v) is 7.34. The molecule has 108 valence electrons. The second-order valence-corrected chi connectivity index (χ2v) is 5.68. The number of carboxylic acid groups (broad SMARTS) is 1. The molecule has 0 bridgehead atoms. The third-order valence-corrected chi connectivity index (χ3v) is 4.38. The molecule has 3 N–H and O–H groups in total. The SMILES string of the molecule is C=C(c1ccccc1)C(C1CCCCC1)[C@@H](N)C(=O)O. The van der Waals surface area contributed by atoms with E-state index in [2.05, 4.69) is 6.58 Å². The molecule has 1 unspecified atom stereocenters. The molecule has 2 atom stereocenters. The van der Waals surface area contributed by atoms with Gasteiger partial charge >= 0.3 is 5.97 Å². The summed E-state index contributed by atoms with van der Waals surface area (Å²) in [5.74, 6) is -0.768. The summed E-state index contributed by atoms with van der Waals surface area (Å²) < 4.78 is 0. The molecule has 0 aliphatic heterocycles. The molecule has 1 fully saturated rings. The molecule has 1 aliphatic rings. The number of carboxylic acids is 1. The van der Waals surface area contributed by atoms with Crippen LogP contribution in [0.3, 0.4) is 0 Å². The minimum absolute atomic E-state index is 0.171. The average Bonchev–Trinajstić information content (AvgIpc) is 2.49. The highest BCUT2D eigenvalue weighted by Gasteiger charge is 2.34. The third kappa shape index (κ3) is 3.28. The number of rotatable bonds is 5. The van der Waals surface area contributed by atoms with Gasteiger partial charge in [-0.25, -0.2) is 0 Å². The average molecular weight is 273 g/mol. The highest BCUT2D eigenvalue weighted by Crippen LogP contribution is 2.38. The van der Waals surface area contributed by atoms with Crippen LogP contribution in [-0.2, 0) is 4.79 Å². The maximum absolute atomic E-state index is 11.4. The Hall–Kier alpha value is -1.61. The summed E-state index contributed by atoms with van der Waals surface area (Å²) in [6.07, 6.45) is 5.67. The fourth-order valence-corrected chi connectivity index (χ4v) is 3.29. The Labute approximate surface area is 120 Å².